The fraction of sp³-hybridized carbons (Fsp3) is 0.522. The van der Waals surface area contributed by atoms with Crippen LogP contribution in [0.3, 0.4) is 0 Å². The average molecular weight is 511 g/mol. The van der Waals surface area contributed by atoms with Gasteiger partial charge in [-0.1, -0.05) is 38.5 Å². The number of hydrogen-bond acceptors (Lipinski definition) is 2. The van der Waals surface area contributed by atoms with Gasteiger partial charge in [0, 0.05) is 12.1 Å². The molecule has 4 rings (SSSR count). The molecule has 2 aliphatic carbocycles. The topological polar surface area (TPSA) is 6.48 Å². The van der Waals surface area contributed by atoms with Gasteiger partial charge in [0.05, 0.1) is 0 Å². The van der Waals surface area contributed by atoms with Gasteiger partial charge in [-0.15, -0.1) is 0 Å². The van der Waals surface area contributed by atoms with Crippen molar-refractivity contribution in [1.82, 2.24) is 9.80 Å². The van der Waals surface area contributed by atoms with Gasteiger partial charge in [0.2, 0.25) is 0 Å². The van der Waals surface area contributed by atoms with Crippen molar-refractivity contribution in [2.24, 2.45) is 0 Å². The molecule has 0 N–H and O–H groups in total. The average Bonchev–Trinajstić information content (AvgIpc) is 3.21. The Kier molecular flexibility index (Phi) is 11.1. The predicted molar refractivity (Wildman–Crippen MR) is 121 cm³/mol. The zero-order valence-electron chi connectivity index (χ0n) is 16.9. The Labute approximate surface area is 185 Å². The molecule has 0 radical (unpaired) electrons. The van der Waals surface area contributed by atoms with Crippen molar-refractivity contribution in [2.75, 3.05) is 0 Å². The second-order valence-electron chi connectivity index (χ2n) is 7.61. The Morgan fingerprint density at radius 1 is 0.786 bits per heavy atom. The SMILES string of the molecule is C1=CN(C2CCCCC2)[CH-]N1C1CCCCC1.[CH3-].[Cl][Ru]([Cl])=[CH]c1ccccc1. The Morgan fingerprint density at radius 2 is 1.25 bits per heavy atom. The van der Waals surface area contributed by atoms with Crippen molar-refractivity contribution >= 4 is 24.0 Å². The summed E-state index contributed by atoms with van der Waals surface area (Å²) in [6, 6.07) is 11.5. The molecule has 0 saturated heterocycles. The molecule has 2 nitrogen and oxygen atoms in total. The molecule has 2 saturated carbocycles. The Bertz CT molecular complexity index is 578. The molecule has 0 atom stereocenters. The number of nitrogens with zero attached hydrogens (tertiary/aromatic N) is 2. The zero-order valence-corrected chi connectivity index (χ0v) is 20.2. The molecule has 1 aromatic carbocycles. The van der Waals surface area contributed by atoms with Gasteiger partial charge < -0.3 is 17.2 Å². The van der Waals surface area contributed by atoms with Crippen molar-refractivity contribution < 1.29 is 13.5 Å². The first kappa shape index (κ1) is 23.9. The molecule has 2 fully saturated rings. The fourth-order valence-corrected chi connectivity index (χ4v) is 6.01. The molecule has 5 heteroatoms. The van der Waals surface area contributed by atoms with Crippen molar-refractivity contribution in [3.63, 3.8) is 0 Å². The summed E-state index contributed by atoms with van der Waals surface area (Å²) >= 11 is -1.61. The molecule has 0 bridgehead atoms. The van der Waals surface area contributed by atoms with Crippen molar-refractivity contribution in [3.05, 3.63) is 62.4 Å². The van der Waals surface area contributed by atoms with Crippen molar-refractivity contribution in [3.8, 4) is 0 Å². The number of benzene rings is 1. The van der Waals surface area contributed by atoms with Gasteiger partial charge in [-0.2, -0.15) is 6.67 Å². The summed E-state index contributed by atoms with van der Waals surface area (Å²) in [6.45, 7) is 2.38. The van der Waals surface area contributed by atoms with E-state index in [2.05, 4.69) is 28.9 Å². The monoisotopic (exact) mass is 510 g/mol. The Morgan fingerprint density at radius 3 is 1.68 bits per heavy atom. The second-order valence-corrected chi connectivity index (χ2v) is 13.3. The molecule has 0 aromatic heterocycles. The summed E-state index contributed by atoms with van der Waals surface area (Å²) in [6.07, 6.45) is 18.8. The molecule has 28 heavy (non-hydrogen) atoms. The van der Waals surface area contributed by atoms with Crippen LogP contribution in [-0.4, -0.2) is 26.5 Å². The Hall–Kier alpha value is -0.367. The normalized spacial score (nSPS) is 20.9. The molecule has 0 spiro atoms. The first-order valence-corrected chi connectivity index (χ1v) is 15.7. The molecule has 0 amide bonds. The van der Waals surface area contributed by atoms with Gasteiger partial charge in [0.15, 0.2) is 0 Å². The van der Waals surface area contributed by atoms with Crippen LogP contribution in [0, 0.1) is 14.1 Å². The first-order valence-electron chi connectivity index (χ1n) is 10.2. The van der Waals surface area contributed by atoms with Crippen LogP contribution < -0.4 is 0 Å². The minimum absolute atomic E-state index is 0. The quantitative estimate of drug-likeness (QED) is 0.317. The number of rotatable bonds is 3. The van der Waals surface area contributed by atoms with E-state index < -0.39 is 13.5 Å². The van der Waals surface area contributed by atoms with E-state index in [4.69, 9.17) is 19.4 Å². The standard InChI is InChI=1S/C15H25N2.C7H6.CH3.2ClH.Ru/c1-3-7-14(8-4-1)16-11-12-17(13-16)15-9-5-2-6-10-15;1-7-5-3-2-4-6-7;;;;/h11-15H,1-10H2;1-6H;1H3;2*1H;/q-1;;-1;;;+2/p-2. The second kappa shape index (κ2) is 13.0. The number of halogens is 2. The van der Waals surface area contributed by atoms with Crippen LogP contribution in [0.1, 0.15) is 69.8 Å². The van der Waals surface area contributed by atoms with Crippen LogP contribution in [0.25, 0.3) is 0 Å². The van der Waals surface area contributed by atoms with Gasteiger partial charge >= 0.3 is 73.4 Å². The summed E-state index contributed by atoms with van der Waals surface area (Å²) in [5, 5.41) is 0. The molecule has 1 heterocycles. The molecule has 160 valence electrons. The van der Waals surface area contributed by atoms with Gasteiger partial charge in [0.25, 0.3) is 0 Å². The third kappa shape index (κ3) is 7.81. The fourth-order valence-electron chi connectivity index (χ4n) is 4.19. The summed E-state index contributed by atoms with van der Waals surface area (Å²) in [5.41, 5.74) is 1.12. The summed E-state index contributed by atoms with van der Waals surface area (Å²) in [7, 11) is 11.3. The zero-order chi connectivity index (χ0) is 18.9. The van der Waals surface area contributed by atoms with E-state index in [1.54, 1.807) is 0 Å². The van der Waals surface area contributed by atoms with Crippen molar-refractivity contribution in [2.45, 2.75) is 76.3 Å². The van der Waals surface area contributed by atoms with Crippen LogP contribution in [0.15, 0.2) is 42.7 Å². The first-order chi connectivity index (χ1) is 13.2. The van der Waals surface area contributed by atoms with Gasteiger partial charge in [-0.3, -0.25) is 0 Å². The molecule has 1 aliphatic heterocycles. The minimum atomic E-state index is -1.61. The van der Waals surface area contributed by atoms with E-state index in [0.29, 0.717) is 0 Å². The maximum atomic E-state index is 5.67. The molecule has 1 aromatic rings. The van der Waals surface area contributed by atoms with E-state index in [-0.39, 0.29) is 7.43 Å². The predicted octanol–water partition coefficient (Wildman–Crippen LogP) is 7.07. The van der Waals surface area contributed by atoms with Crippen LogP contribution in [-0.2, 0) is 13.5 Å². The maximum absolute atomic E-state index is 5.67. The third-order valence-electron chi connectivity index (χ3n) is 5.66. The van der Waals surface area contributed by atoms with E-state index in [1.807, 2.05) is 34.9 Å². The van der Waals surface area contributed by atoms with Crippen LogP contribution >= 0.6 is 19.4 Å². The third-order valence-corrected chi connectivity index (χ3v) is 7.54. The van der Waals surface area contributed by atoms with Crippen molar-refractivity contribution in [1.29, 1.82) is 0 Å². The summed E-state index contributed by atoms with van der Waals surface area (Å²) in [4.78, 5) is 4.96. The summed E-state index contributed by atoms with van der Waals surface area (Å²) in [5.74, 6) is 0. The number of hydrogen-bond donors (Lipinski definition) is 0. The van der Waals surface area contributed by atoms with Gasteiger partial charge in [-0.25, -0.2) is 0 Å². The Balaban J connectivity index is 0.000000221. The van der Waals surface area contributed by atoms with Gasteiger partial charge in [-0.05, 0) is 38.1 Å². The molecular formula is C23H34Cl2N2Ru-2. The van der Waals surface area contributed by atoms with E-state index in [1.165, 1.54) is 64.2 Å². The molecule has 3 aliphatic rings. The van der Waals surface area contributed by atoms with Gasteiger partial charge in [0.1, 0.15) is 0 Å². The van der Waals surface area contributed by atoms with Crippen LogP contribution in [0.5, 0.6) is 0 Å². The van der Waals surface area contributed by atoms with Crippen LogP contribution in [0.4, 0.5) is 0 Å². The van der Waals surface area contributed by atoms with E-state index >= 15 is 0 Å². The molecule has 0 unspecified atom stereocenters. The van der Waals surface area contributed by atoms with E-state index in [9.17, 15) is 0 Å². The van der Waals surface area contributed by atoms with Crippen LogP contribution in [0.2, 0.25) is 0 Å². The summed E-state index contributed by atoms with van der Waals surface area (Å²) < 4.78 is 1.92. The van der Waals surface area contributed by atoms with E-state index in [0.717, 1.165) is 17.6 Å². The molecular weight excluding hydrogens is 476 g/mol.